The summed E-state index contributed by atoms with van der Waals surface area (Å²) in [6.45, 7) is 2.17. The van der Waals surface area contributed by atoms with E-state index in [-0.39, 0.29) is 5.91 Å². The lowest BCUT2D eigenvalue weighted by molar-refractivity contribution is -0.114. The van der Waals surface area contributed by atoms with E-state index in [9.17, 15) is 4.79 Å². The van der Waals surface area contributed by atoms with Crippen molar-refractivity contribution in [3.8, 4) is 5.75 Å². The smallest absolute Gasteiger partial charge is 0.221 e. The van der Waals surface area contributed by atoms with Gasteiger partial charge in [0.25, 0.3) is 0 Å². The second-order valence-corrected chi connectivity index (χ2v) is 5.11. The van der Waals surface area contributed by atoms with Crippen LogP contribution in [0.25, 0.3) is 0 Å². The Morgan fingerprint density at radius 3 is 2.70 bits per heavy atom. The number of oxime groups is 1. The van der Waals surface area contributed by atoms with Gasteiger partial charge in [0.1, 0.15) is 12.4 Å². The SMILES string of the molecule is CC(=O)Nc1ccc(C=NOCCOc2cccc(Cl)c2)cc1. The molecule has 2 aromatic rings. The third-order valence-electron chi connectivity index (χ3n) is 2.75. The van der Waals surface area contributed by atoms with Crippen LogP contribution in [-0.2, 0) is 9.63 Å². The molecular formula is C17H17ClN2O3. The highest BCUT2D eigenvalue weighted by Gasteiger charge is 1.96. The van der Waals surface area contributed by atoms with Crippen molar-refractivity contribution in [1.29, 1.82) is 0 Å². The molecular weight excluding hydrogens is 316 g/mol. The topological polar surface area (TPSA) is 59.9 Å². The number of hydrogen-bond acceptors (Lipinski definition) is 4. The van der Waals surface area contributed by atoms with Gasteiger partial charge in [0.2, 0.25) is 5.91 Å². The lowest BCUT2D eigenvalue weighted by Crippen LogP contribution is -2.05. The molecule has 6 heteroatoms. The number of nitrogens with one attached hydrogen (secondary N) is 1. The second-order valence-electron chi connectivity index (χ2n) is 4.68. The molecule has 0 saturated heterocycles. The van der Waals surface area contributed by atoms with Crippen LogP contribution in [0.3, 0.4) is 0 Å². The zero-order valence-electron chi connectivity index (χ0n) is 12.7. The molecule has 1 amide bonds. The van der Waals surface area contributed by atoms with Crippen LogP contribution in [0.15, 0.2) is 53.7 Å². The fourth-order valence-electron chi connectivity index (χ4n) is 1.76. The van der Waals surface area contributed by atoms with Crippen LogP contribution in [0, 0.1) is 0 Å². The Morgan fingerprint density at radius 1 is 1.22 bits per heavy atom. The summed E-state index contributed by atoms with van der Waals surface area (Å²) in [5, 5.41) is 7.19. The van der Waals surface area contributed by atoms with Crippen molar-refractivity contribution in [1.82, 2.24) is 0 Å². The summed E-state index contributed by atoms with van der Waals surface area (Å²) in [5.74, 6) is 0.591. The molecule has 0 saturated carbocycles. The Labute approximate surface area is 139 Å². The summed E-state index contributed by atoms with van der Waals surface area (Å²) in [7, 11) is 0. The first kappa shape index (κ1) is 16.8. The summed E-state index contributed by atoms with van der Waals surface area (Å²) >= 11 is 5.86. The highest BCUT2D eigenvalue weighted by atomic mass is 35.5. The van der Waals surface area contributed by atoms with E-state index < -0.39 is 0 Å². The average Bonchev–Trinajstić information content (AvgIpc) is 2.52. The molecule has 0 fully saturated rings. The van der Waals surface area contributed by atoms with E-state index in [4.69, 9.17) is 21.2 Å². The molecule has 1 N–H and O–H groups in total. The molecule has 0 radical (unpaired) electrons. The zero-order valence-corrected chi connectivity index (χ0v) is 13.4. The molecule has 0 aliphatic rings. The van der Waals surface area contributed by atoms with Crippen molar-refractivity contribution in [3.05, 3.63) is 59.1 Å². The summed E-state index contributed by atoms with van der Waals surface area (Å²) in [5.41, 5.74) is 1.61. The summed E-state index contributed by atoms with van der Waals surface area (Å²) < 4.78 is 5.47. The largest absolute Gasteiger partial charge is 0.490 e. The number of hydrogen-bond donors (Lipinski definition) is 1. The highest BCUT2D eigenvalue weighted by molar-refractivity contribution is 6.30. The third-order valence-corrected chi connectivity index (χ3v) is 2.98. The van der Waals surface area contributed by atoms with Crippen LogP contribution in [0.1, 0.15) is 12.5 Å². The molecule has 120 valence electrons. The second kappa shape index (κ2) is 8.80. The molecule has 0 bridgehead atoms. The van der Waals surface area contributed by atoms with Gasteiger partial charge < -0.3 is 14.9 Å². The van der Waals surface area contributed by atoms with Crippen LogP contribution in [0.2, 0.25) is 5.02 Å². The number of ether oxygens (including phenoxy) is 1. The quantitative estimate of drug-likeness (QED) is 0.477. The summed E-state index contributed by atoms with van der Waals surface area (Å²) in [6.07, 6.45) is 1.59. The van der Waals surface area contributed by atoms with Gasteiger partial charge in [0, 0.05) is 17.6 Å². The van der Waals surface area contributed by atoms with E-state index >= 15 is 0 Å². The number of nitrogens with zero attached hydrogens (tertiary/aromatic N) is 1. The third kappa shape index (κ3) is 6.40. The number of carbonyl (C=O) groups excluding carboxylic acids is 1. The Balaban J connectivity index is 1.69. The van der Waals surface area contributed by atoms with Gasteiger partial charge in [-0.15, -0.1) is 0 Å². The average molecular weight is 333 g/mol. The molecule has 2 aromatic carbocycles. The van der Waals surface area contributed by atoms with Crippen molar-refractivity contribution in [2.24, 2.45) is 5.16 Å². The van der Waals surface area contributed by atoms with Crippen molar-refractivity contribution in [2.45, 2.75) is 6.92 Å². The number of rotatable bonds is 7. The maximum atomic E-state index is 10.9. The van der Waals surface area contributed by atoms with Crippen molar-refractivity contribution in [3.63, 3.8) is 0 Å². The van der Waals surface area contributed by atoms with Gasteiger partial charge in [0.15, 0.2) is 6.61 Å². The zero-order chi connectivity index (χ0) is 16.5. The number of amides is 1. The number of anilines is 1. The molecule has 0 unspecified atom stereocenters. The first-order chi connectivity index (χ1) is 11.1. The van der Waals surface area contributed by atoms with Crippen LogP contribution >= 0.6 is 11.6 Å². The van der Waals surface area contributed by atoms with E-state index in [1.54, 1.807) is 30.5 Å². The van der Waals surface area contributed by atoms with Gasteiger partial charge in [-0.1, -0.05) is 35.0 Å². The Bertz CT molecular complexity index is 672. The molecule has 0 heterocycles. The lowest BCUT2D eigenvalue weighted by atomic mass is 10.2. The van der Waals surface area contributed by atoms with Gasteiger partial charge in [0.05, 0.1) is 6.21 Å². The molecule has 0 spiro atoms. The van der Waals surface area contributed by atoms with Crippen LogP contribution < -0.4 is 10.1 Å². The van der Waals surface area contributed by atoms with Gasteiger partial charge in [-0.05, 0) is 35.9 Å². The van der Waals surface area contributed by atoms with Crippen molar-refractivity contribution >= 4 is 29.4 Å². The molecule has 23 heavy (non-hydrogen) atoms. The number of benzene rings is 2. The molecule has 2 rings (SSSR count). The fourth-order valence-corrected chi connectivity index (χ4v) is 1.94. The van der Waals surface area contributed by atoms with Crippen LogP contribution in [0.5, 0.6) is 5.75 Å². The Kier molecular flexibility index (Phi) is 6.44. The Hall–Kier alpha value is -2.53. The Morgan fingerprint density at radius 2 is 2.00 bits per heavy atom. The predicted molar refractivity (Wildman–Crippen MR) is 91.2 cm³/mol. The highest BCUT2D eigenvalue weighted by Crippen LogP contribution is 2.16. The van der Waals surface area contributed by atoms with E-state index in [2.05, 4.69) is 10.5 Å². The summed E-state index contributed by atoms with van der Waals surface area (Å²) in [6, 6.07) is 14.4. The fraction of sp³-hybridized carbons (Fsp3) is 0.176. The van der Waals surface area contributed by atoms with E-state index in [1.165, 1.54) is 6.92 Å². The van der Waals surface area contributed by atoms with Crippen molar-refractivity contribution < 1.29 is 14.4 Å². The predicted octanol–water partition coefficient (Wildman–Crippen LogP) is 3.73. The molecule has 0 atom stereocenters. The van der Waals surface area contributed by atoms with E-state index in [0.29, 0.717) is 24.0 Å². The van der Waals surface area contributed by atoms with Gasteiger partial charge in [-0.25, -0.2) is 0 Å². The summed E-state index contributed by atoms with van der Waals surface area (Å²) in [4.78, 5) is 16.0. The molecule has 5 nitrogen and oxygen atoms in total. The van der Waals surface area contributed by atoms with E-state index in [1.807, 2.05) is 24.3 Å². The van der Waals surface area contributed by atoms with Crippen LogP contribution in [0.4, 0.5) is 5.69 Å². The van der Waals surface area contributed by atoms with E-state index in [0.717, 1.165) is 11.3 Å². The minimum atomic E-state index is -0.102. The monoisotopic (exact) mass is 332 g/mol. The molecule has 0 aromatic heterocycles. The van der Waals surface area contributed by atoms with Gasteiger partial charge in [-0.3, -0.25) is 4.79 Å². The van der Waals surface area contributed by atoms with Crippen LogP contribution in [-0.4, -0.2) is 25.3 Å². The van der Waals surface area contributed by atoms with Gasteiger partial charge in [-0.2, -0.15) is 0 Å². The maximum absolute atomic E-state index is 10.9. The molecule has 0 aliphatic carbocycles. The van der Waals surface area contributed by atoms with Gasteiger partial charge >= 0.3 is 0 Å². The lowest BCUT2D eigenvalue weighted by Gasteiger charge is -2.05. The normalized spacial score (nSPS) is 10.5. The first-order valence-electron chi connectivity index (χ1n) is 7.05. The number of halogens is 1. The maximum Gasteiger partial charge on any atom is 0.221 e. The first-order valence-corrected chi connectivity index (χ1v) is 7.42. The minimum Gasteiger partial charge on any atom is -0.490 e. The molecule has 0 aliphatic heterocycles. The number of carbonyl (C=O) groups is 1. The standard InChI is InChI=1S/C17H17ClN2O3/c1-13(21)20-16-7-5-14(6-8-16)12-19-23-10-9-22-17-4-2-3-15(18)11-17/h2-8,11-12H,9-10H2,1H3,(H,20,21). The minimum absolute atomic E-state index is 0.102. The van der Waals surface area contributed by atoms with Crippen molar-refractivity contribution in [2.75, 3.05) is 18.5 Å².